The summed E-state index contributed by atoms with van der Waals surface area (Å²) in [6.07, 6.45) is 0. The van der Waals surface area contributed by atoms with E-state index in [1.165, 1.54) is 13.2 Å². The van der Waals surface area contributed by atoms with Gasteiger partial charge in [0.15, 0.2) is 0 Å². The monoisotopic (exact) mass is 289 g/mol. The Bertz CT molecular complexity index is 623. The summed E-state index contributed by atoms with van der Waals surface area (Å²) in [5.74, 6) is -0.556. The molecule has 0 aromatic heterocycles. The van der Waals surface area contributed by atoms with Crippen molar-refractivity contribution in [2.75, 3.05) is 25.1 Å². The Hall–Kier alpha value is -2.62. The van der Waals surface area contributed by atoms with Crippen LogP contribution in [0.1, 0.15) is 12.5 Å². The average Bonchev–Trinajstić information content (AvgIpc) is 2.87. The number of nitro groups is 1. The molecule has 7 nitrogen and oxygen atoms in total. The number of hydrogen-bond donors (Lipinski definition) is 0. The van der Waals surface area contributed by atoms with Gasteiger partial charge in [0.1, 0.15) is 5.69 Å². The van der Waals surface area contributed by atoms with Crippen LogP contribution in [0.5, 0.6) is 0 Å². The SMILES string of the molecule is COC(=O)C1CN(c2ccc(C#N)cc2[N+](=O)[O-])CC1C. The van der Waals surface area contributed by atoms with Crippen LogP contribution in [0.4, 0.5) is 11.4 Å². The first-order valence-corrected chi connectivity index (χ1v) is 6.49. The van der Waals surface area contributed by atoms with Gasteiger partial charge in [0.05, 0.1) is 29.6 Å². The molecule has 0 bridgehead atoms. The van der Waals surface area contributed by atoms with Crippen LogP contribution in [-0.4, -0.2) is 31.1 Å². The minimum atomic E-state index is -0.508. The lowest BCUT2D eigenvalue weighted by Gasteiger charge is -2.18. The van der Waals surface area contributed by atoms with Crippen LogP contribution in [0.25, 0.3) is 0 Å². The van der Waals surface area contributed by atoms with Crippen molar-refractivity contribution in [1.29, 1.82) is 5.26 Å². The van der Waals surface area contributed by atoms with Crippen molar-refractivity contribution in [3.8, 4) is 6.07 Å². The zero-order chi connectivity index (χ0) is 15.6. The van der Waals surface area contributed by atoms with Gasteiger partial charge in [-0.05, 0) is 18.1 Å². The third-order valence-electron chi connectivity index (χ3n) is 3.76. The molecule has 1 aromatic rings. The number of nitriles is 1. The molecule has 1 aliphatic heterocycles. The Morgan fingerprint density at radius 1 is 1.52 bits per heavy atom. The molecule has 1 saturated heterocycles. The molecule has 0 N–H and O–H groups in total. The van der Waals surface area contributed by atoms with Crippen LogP contribution >= 0.6 is 0 Å². The minimum absolute atomic E-state index is 0.0488. The van der Waals surface area contributed by atoms with Gasteiger partial charge in [0, 0.05) is 19.2 Å². The number of rotatable bonds is 3. The van der Waals surface area contributed by atoms with Gasteiger partial charge in [-0.1, -0.05) is 6.92 Å². The summed E-state index contributed by atoms with van der Waals surface area (Å²) < 4.78 is 4.76. The highest BCUT2D eigenvalue weighted by molar-refractivity contribution is 5.76. The molecule has 21 heavy (non-hydrogen) atoms. The number of nitro benzene ring substituents is 1. The van der Waals surface area contributed by atoms with Gasteiger partial charge in [-0.3, -0.25) is 14.9 Å². The molecule has 7 heteroatoms. The van der Waals surface area contributed by atoms with E-state index in [0.29, 0.717) is 18.8 Å². The summed E-state index contributed by atoms with van der Waals surface area (Å²) in [4.78, 5) is 24.2. The molecule has 0 spiro atoms. The molecule has 1 aliphatic rings. The lowest BCUT2D eigenvalue weighted by molar-refractivity contribution is -0.384. The van der Waals surface area contributed by atoms with E-state index in [9.17, 15) is 14.9 Å². The van der Waals surface area contributed by atoms with E-state index in [1.54, 1.807) is 17.0 Å². The van der Waals surface area contributed by atoms with E-state index in [-0.39, 0.29) is 29.1 Å². The predicted octanol–water partition coefficient (Wildman–Crippen LogP) is 1.71. The topological polar surface area (TPSA) is 96.5 Å². The van der Waals surface area contributed by atoms with Crippen LogP contribution in [0.2, 0.25) is 0 Å². The minimum Gasteiger partial charge on any atom is -0.469 e. The van der Waals surface area contributed by atoms with Gasteiger partial charge in [-0.2, -0.15) is 5.26 Å². The first-order valence-electron chi connectivity index (χ1n) is 6.49. The molecule has 0 aliphatic carbocycles. The normalized spacial score (nSPS) is 20.9. The van der Waals surface area contributed by atoms with E-state index in [0.717, 1.165) is 0 Å². The van der Waals surface area contributed by atoms with Gasteiger partial charge >= 0.3 is 5.97 Å². The highest BCUT2D eigenvalue weighted by Crippen LogP contribution is 2.35. The number of nitrogens with zero attached hydrogens (tertiary/aromatic N) is 3. The maximum Gasteiger partial charge on any atom is 0.310 e. The Kier molecular flexibility index (Phi) is 4.08. The predicted molar refractivity (Wildman–Crippen MR) is 74.7 cm³/mol. The lowest BCUT2D eigenvalue weighted by Crippen LogP contribution is -2.24. The zero-order valence-electron chi connectivity index (χ0n) is 11.8. The number of carbonyl (C=O) groups excluding carboxylic acids is 1. The lowest BCUT2D eigenvalue weighted by atomic mass is 9.99. The van der Waals surface area contributed by atoms with Crippen LogP contribution in [0.3, 0.4) is 0 Å². The van der Waals surface area contributed by atoms with Crippen molar-refractivity contribution >= 4 is 17.3 Å². The molecule has 0 amide bonds. The standard InChI is InChI=1S/C14H15N3O4/c1-9-7-16(8-11(9)14(18)21-2)12-4-3-10(6-15)5-13(12)17(19)20/h3-5,9,11H,7-8H2,1-2H3. The second kappa shape index (κ2) is 5.79. The summed E-state index contributed by atoms with van der Waals surface area (Å²) in [6, 6.07) is 6.24. The second-order valence-corrected chi connectivity index (χ2v) is 5.08. The molecule has 2 rings (SSSR count). The van der Waals surface area contributed by atoms with E-state index < -0.39 is 4.92 Å². The molecule has 1 heterocycles. The van der Waals surface area contributed by atoms with Gasteiger partial charge in [-0.25, -0.2) is 0 Å². The zero-order valence-corrected chi connectivity index (χ0v) is 11.8. The highest BCUT2D eigenvalue weighted by Gasteiger charge is 2.37. The number of carbonyl (C=O) groups is 1. The van der Waals surface area contributed by atoms with Crippen LogP contribution in [0, 0.1) is 33.3 Å². The number of benzene rings is 1. The quantitative estimate of drug-likeness (QED) is 0.477. The van der Waals surface area contributed by atoms with Gasteiger partial charge in [0.25, 0.3) is 5.69 Å². The third-order valence-corrected chi connectivity index (χ3v) is 3.76. The number of esters is 1. The van der Waals surface area contributed by atoms with E-state index in [4.69, 9.17) is 10.00 Å². The number of ether oxygens (including phenoxy) is 1. The van der Waals surface area contributed by atoms with E-state index in [2.05, 4.69) is 0 Å². The van der Waals surface area contributed by atoms with Crippen molar-refractivity contribution < 1.29 is 14.5 Å². The summed E-state index contributed by atoms with van der Waals surface area (Å²) >= 11 is 0. The molecule has 1 fully saturated rings. The second-order valence-electron chi connectivity index (χ2n) is 5.08. The fraction of sp³-hybridized carbons (Fsp3) is 0.429. The smallest absolute Gasteiger partial charge is 0.310 e. The molecule has 1 aromatic carbocycles. The van der Waals surface area contributed by atoms with Crippen molar-refractivity contribution in [3.05, 3.63) is 33.9 Å². The Morgan fingerprint density at radius 3 is 2.81 bits per heavy atom. The molecule has 0 radical (unpaired) electrons. The Balaban J connectivity index is 2.33. The van der Waals surface area contributed by atoms with Gasteiger partial charge < -0.3 is 9.64 Å². The molecular formula is C14H15N3O4. The van der Waals surface area contributed by atoms with Crippen molar-refractivity contribution in [2.24, 2.45) is 11.8 Å². The van der Waals surface area contributed by atoms with E-state index in [1.807, 2.05) is 13.0 Å². The molecule has 2 unspecified atom stereocenters. The molecule has 2 atom stereocenters. The largest absolute Gasteiger partial charge is 0.469 e. The van der Waals surface area contributed by atoms with Crippen molar-refractivity contribution in [1.82, 2.24) is 0 Å². The average molecular weight is 289 g/mol. The number of methoxy groups -OCH3 is 1. The Morgan fingerprint density at radius 2 is 2.24 bits per heavy atom. The fourth-order valence-electron chi connectivity index (χ4n) is 2.63. The van der Waals surface area contributed by atoms with Crippen LogP contribution < -0.4 is 4.90 Å². The van der Waals surface area contributed by atoms with Crippen molar-refractivity contribution in [2.45, 2.75) is 6.92 Å². The van der Waals surface area contributed by atoms with Crippen molar-refractivity contribution in [3.63, 3.8) is 0 Å². The first kappa shape index (κ1) is 14.8. The van der Waals surface area contributed by atoms with Gasteiger partial charge in [-0.15, -0.1) is 0 Å². The summed E-state index contributed by atoms with van der Waals surface area (Å²) in [7, 11) is 1.34. The summed E-state index contributed by atoms with van der Waals surface area (Å²) in [6.45, 7) is 2.82. The molecular weight excluding hydrogens is 274 g/mol. The maximum atomic E-state index is 11.7. The van der Waals surface area contributed by atoms with Crippen LogP contribution in [-0.2, 0) is 9.53 Å². The highest BCUT2D eigenvalue weighted by atomic mass is 16.6. The summed E-state index contributed by atoms with van der Waals surface area (Å²) in [5, 5.41) is 20.0. The van der Waals surface area contributed by atoms with Crippen LogP contribution in [0.15, 0.2) is 18.2 Å². The fourth-order valence-corrected chi connectivity index (χ4v) is 2.63. The summed E-state index contributed by atoms with van der Waals surface area (Å²) in [5.41, 5.74) is 0.547. The third kappa shape index (κ3) is 2.79. The Labute approximate surface area is 121 Å². The first-order chi connectivity index (χ1) is 9.97. The van der Waals surface area contributed by atoms with Gasteiger partial charge in [0.2, 0.25) is 0 Å². The van der Waals surface area contributed by atoms with E-state index >= 15 is 0 Å². The molecule has 110 valence electrons. The number of hydrogen-bond acceptors (Lipinski definition) is 6. The number of anilines is 1. The molecule has 0 saturated carbocycles. The maximum absolute atomic E-state index is 11.7.